The van der Waals surface area contributed by atoms with Gasteiger partial charge in [-0.15, -0.1) is 0 Å². The number of rotatable bonds is 2. The smallest absolute Gasteiger partial charge is 0.255 e. The number of benzene rings is 1. The lowest BCUT2D eigenvalue weighted by Gasteiger charge is -2.07. The minimum absolute atomic E-state index is 0.276. The van der Waals surface area contributed by atoms with Gasteiger partial charge in [-0.25, -0.2) is 0 Å². The summed E-state index contributed by atoms with van der Waals surface area (Å²) in [5, 5.41) is 3.06. The quantitative estimate of drug-likeness (QED) is 0.890. The van der Waals surface area contributed by atoms with Crippen LogP contribution in [0.5, 0.6) is 0 Å². The van der Waals surface area contributed by atoms with Crippen LogP contribution < -0.4 is 10.9 Å². The van der Waals surface area contributed by atoms with E-state index < -0.39 is 0 Å². The highest BCUT2D eigenvalue weighted by atomic mass is 79.9. The first-order chi connectivity index (χ1) is 8.56. The third kappa shape index (κ3) is 3.00. The van der Waals surface area contributed by atoms with Gasteiger partial charge in [0.15, 0.2) is 0 Å². The second kappa shape index (κ2) is 5.37. The van der Waals surface area contributed by atoms with Crippen LogP contribution in [-0.2, 0) is 0 Å². The predicted molar refractivity (Wildman–Crippen MR) is 74.2 cm³/mol. The van der Waals surface area contributed by atoms with Crippen LogP contribution in [0.25, 0.3) is 0 Å². The molecule has 1 heterocycles. The van der Waals surface area contributed by atoms with E-state index in [0.29, 0.717) is 10.7 Å². The van der Waals surface area contributed by atoms with Gasteiger partial charge in [0.25, 0.3) is 5.91 Å². The average Bonchev–Trinajstić information content (AvgIpc) is 2.32. The lowest BCUT2D eigenvalue weighted by Crippen LogP contribution is -2.15. The number of hydrogen-bond acceptors (Lipinski definition) is 2. The van der Waals surface area contributed by atoms with Gasteiger partial charge in [-0.1, -0.05) is 27.5 Å². The first-order valence-corrected chi connectivity index (χ1v) is 6.18. The second-order valence-electron chi connectivity index (χ2n) is 3.52. The molecule has 1 amide bonds. The number of aromatic nitrogens is 1. The Morgan fingerprint density at radius 2 is 2.06 bits per heavy atom. The fourth-order valence-electron chi connectivity index (χ4n) is 1.37. The topological polar surface area (TPSA) is 62.0 Å². The Kier molecular flexibility index (Phi) is 3.84. The SMILES string of the molecule is O=C(Nc1ccc(Br)cc1Cl)c1cc[nH]c(=O)c1. The molecule has 1 aromatic heterocycles. The largest absolute Gasteiger partial charge is 0.329 e. The van der Waals surface area contributed by atoms with E-state index in [-0.39, 0.29) is 17.0 Å². The van der Waals surface area contributed by atoms with Gasteiger partial charge in [0.1, 0.15) is 0 Å². The predicted octanol–water partition coefficient (Wildman–Crippen LogP) is 3.04. The molecule has 0 aliphatic rings. The van der Waals surface area contributed by atoms with Gasteiger partial charge in [0.05, 0.1) is 10.7 Å². The van der Waals surface area contributed by atoms with Gasteiger partial charge in [-0.2, -0.15) is 0 Å². The molecule has 0 saturated carbocycles. The number of H-pyrrole nitrogens is 1. The van der Waals surface area contributed by atoms with Crippen LogP contribution >= 0.6 is 27.5 Å². The van der Waals surface area contributed by atoms with E-state index in [1.54, 1.807) is 18.2 Å². The van der Waals surface area contributed by atoms with E-state index in [2.05, 4.69) is 26.2 Å². The van der Waals surface area contributed by atoms with Gasteiger partial charge in [-0.05, 0) is 24.3 Å². The third-order valence-corrected chi connectivity index (χ3v) is 3.02. The number of carbonyl (C=O) groups is 1. The van der Waals surface area contributed by atoms with Crippen LogP contribution in [0.2, 0.25) is 5.02 Å². The van der Waals surface area contributed by atoms with Crippen molar-refractivity contribution in [1.82, 2.24) is 4.98 Å². The summed E-state index contributed by atoms with van der Waals surface area (Å²) in [6.45, 7) is 0. The van der Waals surface area contributed by atoms with Gasteiger partial charge < -0.3 is 10.3 Å². The molecular formula is C12H8BrClN2O2. The van der Waals surface area contributed by atoms with Crippen molar-refractivity contribution in [3.63, 3.8) is 0 Å². The van der Waals surface area contributed by atoms with Crippen molar-refractivity contribution in [1.29, 1.82) is 0 Å². The van der Waals surface area contributed by atoms with Crippen LogP contribution in [0, 0.1) is 0 Å². The molecule has 4 nitrogen and oxygen atoms in total. The maximum atomic E-state index is 11.9. The minimum Gasteiger partial charge on any atom is -0.329 e. The Morgan fingerprint density at radius 3 is 2.72 bits per heavy atom. The zero-order chi connectivity index (χ0) is 13.1. The van der Waals surface area contributed by atoms with Crippen LogP contribution in [0.4, 0.5) is 5.69 Å². The summed E-state index contributed by atoms with van der Waals surface area (Å²) in [4.78, 5) is 25.4. The highest BCUT2D eigenvalue weighted by Crippen LogP contribution is 2.25. The first kappa shape index (κ1) is 12.9. The number of anilines is 1. The Balaban J connectivity index is 2.24. The van der Waals surface area contributed by atoms with Crippen molar-refractivity contribution < 1.29 is 4.79 Å². The van der Waals surface area contributed by atoms with E-state index >= 15 is 0 Å². The van der Waals surface area contributed by atoms with E-state index in [0.717, 1.165) is 4.47 Å². The molecule has 6 heteroatoms. The second-order valence-corrected chi connectivity index (χ2v) is 4.84. The molecule has 0 spiro atoms. The molecule has 0 bridgehead atoms. The van der Waals surface area contributed by atoms with Gasteiger partial charge in [-0.3, -0.25) is 9.59 Å². The molecule has 0 aliphatic carbocycles. The van der Waals surface area contributed by atoms with E-state index in [9.17, 15) is 9.59 Å². The van der Waals surface area contributed by atoms with E-state index in [1.807, 2.05) is 0 Å². The number of aromatic amines is 1. The average molecular weight is 328 g/mol. The number of amides is 1. The molecule has 0 fully saturated rings. The summed E-state index contributed by atoms with van der Waals surface area (Å²) in [7, 11) is 0. The lowest BCUT2D eigenvalue weighted by molar-refractivity contribution is 0.102. The zero-order valence-corrected chi connectivity index (χ0v) is 11.4. The Labute approximate surface area is 116 Å². The van der Waals surface area contributed by atoms with Gasteiger partial charge >= 0.3 is 0 Å². The maximum Gasteiger partial charge on any atom is 0.255 e. The fourth-order valence-corrected chi connectivity index (χ4v) is 2.09. The Hall–Kier alpha value is -1.59. The molecule has 0 saturated heterocycles. The molecule has 0 unspecified atom stereocenters. The molecule has 2 aromatic rings. The number of pyridine rings is 1. The molecule has 0 aliphatic heterocycles. The Morgan fingerprint density at radius 1 is 1.28 bits per heavy atom. The van der Waals surface area contributed by atoms with Crippen molar-refractivity contribution >= 4 is 39.1 Å². The molecule has 1 aromatic carbocycles. The van der Waals surface area contributed by atoms with E-state index in [4.69, 9.17) is 11.6 Å². The van der Waals surface area contributed by atoms with Crippen LogP contribution in [-0.4, -0.2) is 10.9 Å². The summed E-state index contributed by atoms with van der Waals surface area (Å²) >= 11 is 9.25. The highest BCUT2D eigenvalue weighted by molar-refractivity contribution is 9.10. The first-order valence-electron chi connectivity index (χ1n) is 5.01. The summed E-state index contributed by atoms with van der Waals surface area (Å²) < 4.78 is 0.821. The van der Waals surface area contributed by atoms with Crippen molar-refractivity contribution in [2.75, 3.05) is 5.32 Å². The van der Waals surface area contributed by atoms with Crippen LogP contribution in [0.15, 0.2) is 45.8 Å². The number of nitrogens with one attached hydrogen (secondary N) is 2. The summed E-state index contributed by atoms with van der Waals surface area (Å²) in [5.41, 5.74) is 0.437. The molecule has 2 rings (SSSR count). The van der Waals surface area contributed by atoms with Crippen LogP contribution in [0.1, 0.15) is 10.4 Å². The minimum atomic E-state index is -0.384. The van der Waals surface area contributed by atoms with Gasteiger partial charge in [0.2, 0.25) is 5.56 Å². The molecule has 18 heavy (non-hydrogen) atoms. The van der Waals surface area contributed by atoms with Crippen molar-refractivity contribution in [3.8, 4) is 0 Å². The summed E-state index contributed by atoms with van der Waals surface area (Å²) in [6, 6.07) is 7.86. The van der Waals surface area contributed by atoms with Crippen LogP contribution in [0.3, 0.4) is 0 Å². The van der Waals surface area contributed by atoms with Crippen molar-refractivity contribution in [2.45, 2.75) is 0 Å². The monoisotopic (exact) mass is 326 g/mol. The maximum absolute atomic E-state index is 11.9. The summed E-state index contributed by atoms with van der Waals surface area (Å²) in [6.07, 6.45) is 1.42. The number of carbonyl (C=O) groups excluding carboxylic acids is 1. The zero-order valence-electron chi connectivity index (χ0n) is 9.04. The normalized spacial score (nSPS) is 10.1. The fraction of sp³-hybridized carbons (Fsp3) is 0. The number of halogens is 2. The number of hydrogen-bond donors (Lipinski definition) is 2. The standard InChI is InChI=1S/C12H8BrClN2O2/c13-8-1-2-10(9(14)6-8)16-12(18)7-3-4-15-11(17)5-7/h1-6H,(H,15,17)(H,16,18). The lowest BCUT2D eigenvalue weighted by atomic mass is 10.2. The highest BCUT2D eigenvalue weighted by Gasteiger charge is 2.08. The molecule has 0 radical (unpaired) electrons. The van der Waals surface area contributed by atoms with Crippen molar-refractivity contribution in [3.05, 3.63) is 61.9 Å². The Bertz CT molecular complexity index is 655. The molecule has 92 valence electrons. The molecule has 2 N–H and O–H groups in total. The van der Waals surface area contributed by atoms with Gasteiger partial charge in [0, 0.05) is 22.3 Å². The van der Waals surface area contributed by atoms with Crippen molar-refractivity contribution in [2.24, 2.45) is 0 Å². The third-order valence-electron chi connectivity index (χ3n) is 2.22. The molecule has 0 atom stereocenters. The molecular weight excluding hydrogens is 320 g/mol. The van der Waals surface area contributed by atoms with E-state index in [1.165, 1.54) is 18.3 Å². The summed E-state index contributed by atoms with van der Waals surface area (Å²) in [5.74, 6) is -0.384.